The van der Waals surface area contributed by atoms with Crippen molar-refractivity contribution >= 4 is 17.4 Å². The number of ether oxygens (including phenoxy) is 1. The number of hydrogen-bond acceptors (Lipinski definition) is 4. The molecule has 1 aromatic rings. The fourth-order valence-electron chi connectivity index (χ4n) is 2.10. The zero-order valence-corrected chi connectivity index (χ0v) is 10.8. The highest BCUT2D eigenvalue weighted by atomic mass is 16.6. The van der Waals surface area contributed by atoms with E-state index < -0.39 is 11.9 Å². The lowest BCUT2D eigenvalue weighted by Gasteiger charge is -2.14. The Balaban J connectivity index is 2.14. The van der Waals surface area contributed by atoms with Crippen molar-refractivity contribution in [1.82, 2.24) is 0 Å². The summed E-state index contributed by atoms with van der Waals surface area (Å²) in [4.78, 5) is 24.8. The number of nitrogens with zero attached hydrogens (tertiary/aromatic N) is 1. The van der Waals surface area contributed by atoms with Crippen molar-refractivity contribution in [2.75, 3.05) is 19.0 Å². The summed E-state index contributed by atoms with van der Waals surface area (Å²) in [5, 5.41) is 0. The minimum Gasteiger partial charge on any atom is -0.457 e. The van der Waals surface area contributed by atoms with Gasteiger partial charge in [-0.2, -0.15) is 0 Å². The van der Waals surface area contributed by atoms with Crippen molar-refractivity contribution in [2.45, 2.75) is 19.4 Å². The maximum Gasteiger partial charge on any atom is 0.317 e. The van der Waals surface area contributed by atoms with E-state index >= 15 is 0 Å². The van der Waals surface area contributed by atoms with Gasteiger partial charge in [0, 0.05) is 26.2 Å². The van der Waals surface area contributed by atoms with Crippen LogP contribution in [0.4, 0.5) is 5.69 Å². The third-order valence-electron chi connectivity index (χ3n) is 3.26. The Hall–Kier alpha value is -1.84. The Morgan fingerprint density at radius 3 is 2.33 bits per heavy atom. The van der Waals surface area contributed by atoms with Crippen LogP contribution in [0.2, 0.25) is 0 Å². The van der Waals surface area contributed by atoms with Crippen molar-refractivity contribution < 1.29 is 14.3 Å². The van der Waals surface area contributed by atoms with E-state index in [1.54, 1.807) is 0 Å². The summed E-state index contributed by atoms with van der Waals surface area (Å²) in [6, 6.07) is 7.83. The molecule has 0 saturated carbocycles. The van der Waals surface area contributed by atoms with Crippen LogP contribution in [0.25, 0.3) is 0 Å². The minimum atomic E-state index is -0.594. The van der Waals surface area contributed by atoms with Crippen LogP contribution in [0.5, 0.6) is 0 Å². The lowest BCUT2D eigenvalue weighted by Crippen LogP contribution is -2.15. The number of cyclic esters (lactones) is 1. The lowest BCUT2D eigenvalue weighted by atomic mass is 9.97. The number of hydrogen-bond donors (Lipinski definition) is 0. The molecule has 2 unspecified atom stereocenters. The zero-order valence-electron chi connectivity index (χ0n) is 10.8. The molecule has 2 rings (SSSR count). The Kier molecular flexibility index (Phi) is 3.36. The summed E-state index contributed by atoms with van der Waals surface area (Å²) in [6.45, 7) is 1.43. The van der Waals surface area contributed by atoms with Crippen LogP contribution in [0.15, 0.2) is 24.3 Å². The molecule has 1 saturated heterocycles. The minimum absolute atomic E-state index is 0.118. The van der Waals surface area contributed by atoms with E-state index in [4.69, 9.17) is 4.74 Å². The highest BCUT2D eigenvalue weighted by molar-refractivity contribution is 5.98. The molecule has 0 spiro atoms. The van der Waals surface area contributed by atoms with Crippen molar-refractivity contribution in [3.05, 3.63) is 29.8 Å². The van der Waals surface area contributed by atoms with Gasteiger partial charge < -0.3 is 9.64 Å². The van der Waals surface area contributed by atoms with Crippen LogP contribution in [-0.2, 0) is 14.3 Å². The molecule has 2 atom stereocenters. The molecule has 1 aliphatic heterocycles. The number of carbonyl (C=O) groups excluding carboxylic acids is 2. The monoisotopic (exact) mass is 247 g/mol. The summed E-state index contributed by atoms with van der Waals surface area (Å²) < 4.78 is 5.25. The van der Waals surface area contributed by atoms with E-state index in [2.05, 4.69) is 0 Å². The van der Waals surface area contributed by atoms with Crippen molar-refractivity contribution in [3.8, 4) is 0 Å². The largest absolute Gasteiger partial charge is 0.457 e. The van der Waals surface area contributed by atoms with Crippen LogP contribution in [0, 0.1) is 5.92 Å². The molecule has 4 heteroatoms. The first kappa shape index (κ1) is 12.6. The predicted octanol–water partition coefficient (Wildman–Crippen LogP) is 1.95. The number of esters is 1. The second kappa shape index (κ2) is 4.80. The van der Waals surface area contributed by atoms with Gasteiger partial charge in [-0.15, -0.1) is 0 Å². The Morgan fingerprint density at radius 1 is 1.28 bits per heavy atom. The average molecular weight is 247 g/mol. The molecule has 96 valence electrons. The van der Waals surface area contributed by atoms with Gasteiger partial charge in [0.1, 0.15) is 17.8 Å². The summed E-state index contributed by atoms with van der Waals surface area (Å²) in [5.74, 6) is -1.11. The summed E-state index contributed by atoms with van der Waals surface area (Å²) >= 11 is 0. The Bertz CT molecular complexity index is 464. The molecule has 1 heterocycles. The van der Waals surface area contributed by atoms with E-state index in [0.717, 1.165) is 11.3 Å². The average Bonchev–Trinajstić information content (AvgIpc) is 2.71. The summed E-state index contributed by atoms with van der Waals surface area (Å²) in [6.07, 6.45) is 0.165. The van der Waals surface area contributed by atoms with Crippen LogP contribution < -0.4 is 4.90 Å². The molecule has 0 N–H and O–H groups in total. The molecule has 4 nitrogen and oxygen atoms in total. The van der Waals surface area contributed by atoms with E-state index in [1.165, 1.54) is 6.92 Å². The smallest absolute Gasteiger partial charge is 0.317 e. The molecule has 1 fully saturated rings. The highest BCUT2D eigenvalue weighted by Crippen LogP contribution is 2.34. The molecule has 0 amide bonds. The number of carbonyl (C=O) groups is 2. The van der Waals surface area contributed by atoms with Gasteiger partial charge in [-0.3, -0.25) is 9.59 Å². The molecule has 0 aromatic heterocycles. The number of Topliss-reactive ketones (excluding diaryl/α,β-unsaturated/α-hetero) is 1. The topological polar surface area (TPSA) is 46.6 Å². The van der Waals surface area contributed by atoms with Crippen molar-refractivity contribution in [3.63, 3.8) is 0 Å². The second-order valence-electron chi connectivity index (χ2n) is 4.81. The number of benzene rings is 1. The van der Waals surface area contributed by atoms with Crippen molar-refractivity contribution in [1.29, 1.82) is 0 Å². The standard InChI is InChI=1S/C14H17NO3/c1-9(16)12-8-13(18-14(12)17)10-4-6-11(7-5-10)15(2)3/h4-7,12-13H,8H2,1-3H3. The van der Waals surface area contributed by atoms with Crippen LogP contribution in [0.1, 0.15) is 25.0 Å². The van der Waals surface area contributed by atoms with Crippen LogP contribution in [0.3, 0.4) is 0 Å². The maximum atomic E-state index is 11.5. The Morgan fingerprint density at radius 2 is 1.89 bits per heavy atom. The fraction of sp³-hybridized carbons (Fsp3) is 0.429. The Labute approximate surface area is 107 Å². The van der Waals surface area contributed by atoms with Crippen LogP contribution in [-0.4, -0.2) is 25.8 Å². The second-order valence-corrected chi connectivity index (χ2v) is 4.81. The van der Waals surface area contributed by atoms with E-state index in [0.29, 0.717) is 6.42 Å². The maximum absolute atomic E-state index is 11.5. The van der Waals surface area contributed by atoms with Gasteiger partial charge in [-0.25, -0.2) is 0 Å². The van der Waals surface area contributed by atoms with E-state index in [-0.39, 0.29) is 11.9 Å². The molecule has 1 aliphatic rings. The van der Waals surface area contributed by atoms with Gasteiger partial charge in [0.2, 0.25) is 0 Å². The zero-order chi connectivity index (χ0) is 13.3. The van der Waals surface area contributed by atoms with Gasteiger partial charge in [-0.1, -0.05) is 12.1 Å². The lowest BCUT2D eigenvalue weighted by molar-refractivity contribution is -0.146. The number of rotatable bonds is 3. The first-order valence-electron chi connectivity index (χ1n) is 5.97. The molecule has 1 aromatic carbocycles. The van der Waals surface area contributed by atoms with Crippen LogP contribution >= 0.6 is 0 Å². The quantitative estimate of drug-likeness (QED) is 0.605. The number of anilines is 1. The first-order chi connectivity index (χ1) is 8.49. The predicted molar refractivity (Wildman–Crippen MR) is 68.4 cm³/mol. The molecule has 0 bridgehead atoms. The normalized spacial score (nSPS) is 22.7. The van der Waals surface area contributed by atoms with E-state index in [9.17, 15) is 9.59 Å². The first-order valence-corrected chi connectivity index (χ1v) is 5.97. The number of ketones is 1. The fourth-order valence-corrected chi connectivity index (χ4v) is 2.10. The SMILES string of the molecule is CC(=O)C1CC(c2ccc(N(C)C)cc2)OC1=O. The molecule has 0 radical (unpaired) electrons. The molecule has 18 heavy (non-hydrogen) atoms. The molecule has 0 aliphatic carbocycles. The van der Waals surface area contributed by atoms with Gasteiger partial charge >= 0.3 is 5.97 Å². The van der Waals surface area contributed by atoms with Gasteiger partial charge in [0.15, 0.2) is 0 Å². The van der Waals surface area contributed by atoms with Gasteiger partial charge in [-0.05, 0) is 24.6 Å². The molecular formula is C14H17NO3. The van der Waals surface area contributed by atoms with E-state index in [1.807, 2.05) is 43.3 Å². The van der Waals surface area contributed by atoms with Crippen molar-refractivity contribution in [2.24, 2.45) is 5.92 Å². The third kappa shape index (κ3) is 2.37. The third-order valence-corrected chi connectivity index (χ3v) is 3.26. The molecular weight excluding hydrogens is 230 g/mol. The van der Waals surface area contributed by atoms with Gasteiger partial charge in [0.25, 0.3) is 0 Å². The van der Waals surface area contributed by atoms with Gasteiger partial charge in [0.05, 0.1) is 0 Å². The highest BCUT2D eigenvalue weighted by Gasteiger charge is 2.38. The summed E-state index contributed by atoms with van der Waals surface area (Å²) in [7, 11) is 3.94. The summed E-state index contributed by atoms with van der Waals surface area (Å²) in [5.41, 5.74) is 2.03.